The molecule has 2 N–H and O–H groups in total. The Bertz CT molecular complexity index is 1590. The van der Waals surface area contributed by atoms with Crippen molar-refractivity contribution in [3.8, 4) is 23.0 Å². The molecule has 4 aromatic carbocycles. The quantitative estimate of drug-likeness (QED) is 0.230. The van der Waals surface area contributed by atoms with Gasteiger partial charge in [0, 0.05) is 10.7 Å². The van der Waals surface area contributed by atoms with Gasteiger partial charge in [0.05, 0.1) is 20.6 Å². The number of aryl methyl sites for hydroxylation is 2. The van der Waals surface area contributed by atoms with Crippen molar-refractivity contribution in [2.24, 2.45) is 0 Å². The van der Waals surface area contributed by atoms with Crippen LogP contribution in [0.15, 0.2) is 66.7 Å². The van der Waals surface area contributed by atoms with Crippen LogP contribution in [-0.2, 0) is 0 Å². The lowest BCUT2D eigenvalue weighted by molar-refractivity contribution is 0.0967. The molecule has 0 unspecified atom stereocenters. The van der Waals surface area contributed by atoms with Gasteiger partial charge in [-0.1, -0.05) is 58.5 Å². The molecule has 0 atom stereocenters. The molecule has 0 aromatic heterocycles. The van der Waals surface area contributed by atoms with Gasteiger partial charge >= 0.3 is 6.03 Å². The molecule has 0 saturated carbocycles. The molecule has 0 radical (unpaired) electrons. The minimum Gasteiger partial charge on any atom is -0.456 e. The van der Waals surface area contributed by atoms with E-state index in [0.29, 0.717) is 54.9 Å². The normalized spacial score (nSPS) is 10.6. The number of ether oxygens (including phenoxy) is 2. The first-order valence-electron chi connectivity index (χ1n) is 11.6. The number of hydrogen-bond donors (Lipinski definition) is 2. The van der Waals surface area contributed by atoms with Crippen LogP contribution in [0, 0.1) is 20.8 Å². The van der Waals surface area contributed by atoms with Crippen molar-refractivity contribution in [2.45, 2.75) is 20.8 Å². The summed E-state index contributed by atoms with van der Waals surface area (Å²) in [6.45, 7) is 5.41. The van der Waals surface area contributed by atoms with Crippen LogP contribution >= 0.6 is 46.4 Å². The van der Waals surface area contributed by atoms with Gasteiger partial charge in [-0.05, 0) is 92.1 Å². The third-order valence-corrected chi connectivity index (χ3v) is 7.04. The molecule has 3 amide bonds. The summed E-state index contributed by atoms with van der Waals surface area (Å²) in [7, 11) is 0. The summed E-state index contributed by atoms with van der Waals surface area (Å²) in [6.07, 6.45) is 0. The second-order valence-corrected chi connectivity index (χ2v) is 10.2. The van der Waals surface area contributed by atoms with Crippen LogP contribution in [0.25, 0.3) is 0 Å². The SMILES string of the molecule is Cc1cc(Oc2ccc(Cl)cc2Cl)ccc1Oc1c(C)cc(NC(=O)NC(=O)c2ccccc2Cl)c(C)c1Cl. The number of nitrogens with one attached hydrogen (secondary N) is 2. The average molecular weight is 604 g/mol. The van der Waals surface area contributed by atoms with E-state index in [1.54, 1.807) is 68.4 Å². The summed E-state index contributed by atoms with van der Waals surface area (Å²) < 4.78 is 12.0. The van der Waals surface area contributed by atoms with Crippen molar-refractivity contribution >= 4 is 64.0 Å². The number of rotatable bonds is 6. The van der Waals surface area contributed by atoms with E-state index < -0.39 is 11.9 Å². The summed E-state index contributed by atoms with van der Waals surface area (Å²) in [5.74, 6) is 1.42. The second kappa shape index (κ2) is 12.2. The Morgan fingerprint density at radius 1 is 0.744 bits per heavy atom. The Kier molecular flexibility index (Phi) is 8.93. The minimum atomic E-state index is -0.723. The Morgan fingerprint density at radius 3 is 2.15 bits per heavy atom. The fourth-order valence-corrected chi connectivity index (χ4v) is 4.63. The maximum absolute atomic E-state index is 12.5. The van der Waals surface area contributed by atoms with E-state index in [1.165, 1.54) is 6.07 Å². The van der Waals surface area contributed by atoms with E-state index >= 15 is 0 Å². The summed E-state index contributed by atoms with van der Waals surface area (Å²) in [4.78, 5) is 24.9. The van der Waals surface area contributed by atoms with E-state index in [4.69, 9.17) is 55.9 Å². The molecule has 0 aliphatic heterocycles. The Labute approximate surface area is 245 Å². The molecule has 10 heteroatoms. The molecule has 200 valence electrons. The predicted octanol–water partition coefficient (Wildman–Crippen LogP) is 9.77. The molecule has 0 aliphatic carbocycles. The first-order valence-corrected chi connectivity index (χ1v) is 13.1. The van der Waals surface area contributed by atoms with Crippen LogP contribution in [0.4, 0.5) is 10.5 Å². The van der Waals surface area contributed by atoms with E-state index in [1.807, 2.05) is 13.0 Å². The third kappa shape index (κ3) is 6.78. The van der Waals surface area contributed by atoms with Gasteiger partial charge in [0.15, 0.2) is 0 Å². The molecule has 0 bridgehead atoms. The highest BCUT2D eigenvalue weighted by molar-refractivity contribution is 6.35. The molecule has 39 heavy (non-hydrogen) atoms. The lowest BCUT2D eigenvalue weighted by Crippen LogP contribution is -2.34. The number of carbonyl (C=O) groups is 2. The smallest absolute Gasteiger partial charge is 0.326 e. The standard InChI is InChI=1S/C29H22Cl4N2O4/c1-15-12-19(38-25-10-8-18(30)14-22(25)32)9-11-24(15)39-27-16(2)13-23(17(3)26(27)33)34-29(37)35-28(36)20-6-4-5-7-21(20)31/h4-14H,1-3H3,(H2,34,35,36,37). The number of amides is 3. The third-order valence-electron chi connectivity index (χ3n) is 5.73. The number of benzene rings is 4. The monoisotopic (exact) mass is 602 g/mol. The maximum atomic E-state index is 12.5. The zero-order valence-electron chi connectivity index (χ0n) is 21.0. The van der Waals surface area contributed by atoms with Crippen LogP contribution in [0.2, 0.25) is 20.1 Å². The van der Waals surface area contributed by atoms with Gasteiger partial charge in [0.25, 0.3) is 5.91 Å². The Morgan fingerprint density at radius 2 is 1.46 bits per heavy atom. The molecular weight excluding hydrogens is 582 g/mol. The number of hydrogen-bond acceptors (Lipinski definition) is 4. The molecule has 0 heterocycles. The van der Waals surface area contributed by atoms with E-state index in [9.17, 15) is 9.59 Å². The summed E-state index contributed by atoms with van der Waals surface area (Å²) in [5.41, 5.74) is 2.64. The van der Waals surface area contributed by atoms with E-state index in [0.717, 1.165) is 5.56 Å². The Balaban J connectivity index is 1.48. The lowest BCUT2D eigenvalue weighted by Gasteiger charge is -2.18. The van der Waals surface area contributed by atoms with E-state index in [-0.39, 0.29) is 10.6 Å². The van der Waals surface area contributed by atoms with Crippen molar-refractivity contribution in [1.29, 1.82) is 0 Å². The second-order valence-electron chi connectivity index (χ2n) is 8.60. The Hall–Kier alpha value is -3.42. The number of carbonyl (C=O) groups excluding carboxylic acids is 2. The topological polar surface area (TPSA) is 76.7 Å². The predicted molar refractivity (Wildman–Crippen MR) is 157 cm³/mol. The highest BCUT2D eigenvalue weighted by Gasteiger charge is 2.19. The van der Waals surface area contributed by atoms with Gasteiger partial charge in [-0.2, -0.15) is 0 Å². The number of halogens is 4. The lowest BCUT2D eigenvalue weighted by atomic mass is 10.1. The average Bonchev–Trinajstić information content (AvgIpc) is 2.88. The van der Waals surface area contributed by atoms with Crippen LogP contribution in [0.5, 0.6) is 23.0 Å². The molecule has 0 fully saturated rings. The van der Waals surface area contributed by atoms with Crippen molar-refractivity contribution in [3.05, 3.63) is 109 Å². The van der Waals surface area contributed by atoms with Crippen LogP contribution < -0.4 is 20.1 Å². The van der Waals surface area contributed by atoms with Gasteiger partial charge in [0.2, 0.25) is 0 Å². The van der Waals surface area contributed by atoms with Crippen molar-refractivity contribution < 1.29 is 19.1 Å². The molecule has 6 nitrogen and oxygen atoms in total. The highest BCUT2D eigenvalue weighted by atomic mass is 35.5. The highest BCUT2D eigenvalue weighted by Crippen LogP contribution is 2.41. The number of imide groups is 1. The van der Waals surface area contributed by atoms with Crippen molar-refractivity contribution in [3.63, 3.8) is 0 Å². The summed E-state index contributed by atoms with van der Waals surface area (Å²) in [5, 5.41) is 6.40. The van der Waals surface area contributed by atoms with Crippen LogP contribution in [0.3, 0.4) is 0 Å². The van der Waals surface area contributed by atoms with Crippen molar-refractivity contribution in [2.75, 3.05) is 5.32 Å². The molecule has 0 aliphatic rings. The fraction of sp³-hybridized carbons (Fsp3) is 0.103. The fourth-order valence-electron chi connectivity index (χ4n) is 3.67. The maximum Gasteiger partial charge on any atom is 0.326 e. The molecule has 0 saturated heterocycles. The number of urea groups is 1. The van der Waals surface area contributed by atoms with Crippen LogP contribution in [0.1, 0.15) is 27.0 Å². The zero-order chi connectivity index (χ0) is 28.3. The molecule has 4 aromatic rings. The van der Waals surface area contributed by atoms with Gasteiger partial charge in [-0.25, -0.2) is 4.79 Å². The van der Waals surface area contributed by atoms with Gasteiger partial charge in [-0.15, -0.1) is 0 Å². The number of anilines is 1. The van der Waals surface area contributed by atoms with Crippen molar-refractivity contribution in [1.82, 2.24) is 5.32 Å². The first-order chi connectivity index (χ1) is 18.5. The molecule has 4 rings (SSSR count). The van der Waals surface area contributed by atoms with Crippen LogP contribution in [-0.4, -0.2) is 11.9 Å². The summed E-state index contributed by atoms with van der Waals surface area (Å²) >= 11 is 24.9. The van der Waals surface area contributed by atoms with Gasteiger partial charge < -0.3 is 14.8 Å². The zero-order valence-corrected chi connectivity index (χ0v) is 24.0. The summed E-state index contributed by atoms with van der Waals surface area (Å²) in [6, 6.07) is 17.7. The van der Waals surface area contributed by atoms with Gasteiger partial charge in [0.1, 0.15) is 23.0 Å². The molecular formula is C29H22Cl4N2O4. The van der Waals surface area contributed by atoms with Gasteiger partial charge in [-0.3, -0.25) is 10.1 Å². The largest absolute Gasteiger partial charge is 0.456 e. The minimum absolute atomic E-state index is 0.187. The first kappa shape index (κ1) is 28.6. The molecule has 0 spiro atoms. The van der Waals surface area contributed by atoms with E-state index in [2.05, 4.69) is 10.6 Å².